The first-order chi connectivity index (χ1) is 15.8. The summed E-state index contributed by atoms with van der Waals surface area (Å²) in [7, 11) is 0. The van der Waals surface area contributed by atoms with Gasteiger partial charge in [0, 0.05) is 35.8 Å². The lowest BCUT2D eigenvalue weighted by Crippen LogP contribution is -2.52. The number of anilines is 1. The Morgan fingerprint density at radius 3 is 2.61 bits per heavy atom. The van der Waals surface area contributed by atoms with E-state index in [2.05, 4.69) is 16.0 Å². The molecule has 1 saturated heterocycles. The molecule has 5 amide bonds. The van der Waals surface area contributed by atoms with Crippen molar-refractivity contribution in [3.8, 4) is 0 Å². The second kappa shape index (κ2) is 10.5. The summed E-state index contributed by atoms with van der Waals surface area (Å²) in [5.41, 5.74) is 3.67. The van der Waals surface area contributed by atoms with Crippen molar-refractivity contribution in [2.45, 2.75) is 52.7 Å². The summed E-state index contributed by atoms with van der Waals surface area (Å²) in [4.78, 5) is 49.9. The maximum atomic E-state index is 12.7. The Bertz CT molecular complexity index is 1100. The van der Waals surface area contributed by atoms with E-state index in [0.29, 0.717) is 29.2 Å². The van der Waals surface area contributed by atoms with E-state index in [-0.39, 0.29) is 30.8 Å². The molecule has 0 aliphatic carbocycles. The molecule has 0 aromatic heterocycles. The number of carbonyl (C=O) groups is 4. The van der Waals surface area contributed by atoms with Gasteiger partial charge in [0.15, 0.2) is 0 Å². The lowest BCUT2D eigenvalue weighted by atomic mass is 10.0. The topological polar surface area (TPSA) is 108 Å². The van der Waals surface area contributed by atoms with Crippen molar-refractivity contribution >= 4 is 41.0 Å². The van der Waals surface area contributed by atoms with Gasteiger partial charge >= 0.3 is 6.03 Å². The van der Waals surface area contributed by atoms with Gasteiger partial charge in [-0.05, 0) is 48.2 Å². The van der Waals surface area contributed by atoms with E-state index in [9.17, 15) is 19.2 Å². The highest BCUT2D eigenvalue weighted by Gasteiger charge is 2.39. The van der Waals surface area contributed by atoms with Crippen molar-refractivity contribution in [2.75, 3.05) is 5.32 Å². The molecule has 9 heteroatoms. The molecule has 33 heavy (non-hydrogen) atoms. The van der Waals surface area contributed by atoms with Crippen LogP contribution in [0.2, 0.25) is 5.02 Å². The van der Waals surface area contributed by atoms with Crippen LogP contribution in [-0.4, -0.2) is 34.7 Å². The first-order valence-electron chi connectivity index (χ1n) is 10.9. The number of hydrogen-bond donors (Lipinski definition) is 3. The van der Waals surface area contributed by atoms with Crippen LogP contribution in [0.5, 0.6) is 0 Å². The Morgan fingerprint density at radius 2 is 1.91 bits per heavy atom. The molecule has 2 aromatic carbocycles. The average Bonchev–Trinajstić information content (AvgIpc) is 3.12. The normalized spacial score (nSPS) is 17.0. The lowest BCUT2D eigenvalue weighted by molar-refractivity contribution is -0.136. The van der Waals surface area contributed by atoms with Crippen molar-refractivity contribution in [3.05, 3.63) is 63.7 Å². The van der Waals surface area contributed by atoms with Crippen LogP contribution in [0.15, 0.2) is 36.4 Å². The third kappa shape index (κ3) is 5.51. The van der Waals surface area contributed by atoms with Crippen LogP contribution in [0.25, 0.3) is 0 Å². The predicted octanol–water partition coefficient (Wildman–Crippen LogP) is 3.76. The molecule has 0 radical (unpaired) electrons. The minimum absolute atomic E-state index is 0.215. The first-order valence-corrected chi connectivity index (χ1v) is 11.3. The minimum atomic E-state index is -0.647. The van der Waals surface area contributed by atoms with Crippen LogP contribution >= 0.6 is 11.6 Å². The number of hydrogen-bond acceptors (Lipinski definition) is 4. The number of carbonyl (C=O) groups excluding carboxylic acids is 4. The number of aryl methyl sites for hydroxylation is 1. The molecule has 2 aliphatic rings. The van der Waals surface area contributed by atoms with Gasteiger partial charge in [0.1, 0.15) is 6.04 Å². The third-order valence-electron chi connectivity index (χ3n) is 5.47. The van der Waals surface area contributed by atoms with Crippen LogP contribution in [0.4, 0.5) is 10.5 Å². The van der Waals surface area contributed by atoms with Gasteiger partial charge in [0.2, 0.25) is 11.8 Å². The summed E-state index contributed by atoms with van der Waals surface area (Å²) in [6.45, 7) is 6.44. The number of urea groups is 1. The number of benzene rings is 2. The molecule has 0 bridgehead atoms. The fourth-order valence-corrected chi connectivity index (χ4v) is 3.95. The highest BCUT2D eigenvalue weighted by molar-refractivity contribution is 6.31. The van der Waals surface area contributed by atoms with E-state index in [1.54, 1.807) is 24.3 Å². The summed E-state index contributed by atoms with van der Waals surface area (Å²) in [6, 6.07) is 9.58. The maximum Gasteiger partial charge on any atom is 0.319 e. The Labute approximate surface area is 197 Å². The fraction of sp³-hybridized carbons (Fsp3) is 0.333. The molecule has 2 heterocycles. The Balaban J connectivity index is 0.00000149. The molecule has 8 nitrogen and oxygen atoms in total. The smallest absolute Gasteiger partial charge is 0.319 e. The van der Waals surface area contributed by atoms with Gasteiger partial charge in [0.25, 0.3) is 5.91 Å². The standard InChI is InChI=1S/C22H21ClN4O4.C2H6/c1-12-2-4-15(9-17(12)23)25-22(31)24-10-13-3-5-16-14(8-13)11-27(21(16)30)18-6-7-19(28)26-20(18)29;1-2/h2-5,8-9,18H,6-7,10-11H2,1H3,(H2,24,25,31)(H,26,28,29);1-2H3. The van der Waals surface area contributed by atoms with Crippen LogP contribution in [0.1, 0.15) is 53.7 Å². The number of nitrogens with one attached hydrogen (secondary N) is 3. The van der Waals surface area contributed by atoms with Crippen LogP contribution < -0.4 is 16.0 Å². The largest absolute Gasteiger partial charge is 0.334 e. The van der Waals surface area contributed by atoms with E-state index >= 15 is 0 Å². The Morgan fingerprint density at radius 1 is 1.15 bits per heavy atom. The molecule has 2 aromatic rings. The molecule has 3 N–H and O–H groups in total. The molecule has 0 saturated carbocycles. The predicted molar refractivity (Wildman–Crippen MR) is 126 cm³/mol. The molecular weight excluding hydrogens is 444 g/mol. The van der Waals surface area contributed by atoms with E-state index in [0.717, 1.165) is 16.7 Å². The second-order valence-electron chi connectivity index (χ2n) is 7.66. The quantitative estimate of drug-likeness (QED) is 0.591. The second-order valence-corrected chi connectivity index (χ2v) is 8.07. The zero-order chi connectivity index (χ0) is 24.1. The van der Waals surface area contributed by atoms with Gasteiger partial charge in [-0.15, -0.1) is 0 Å². The van der Waals surface area contributed by atoms with Gasteiger partial charge in [-0.25, -0.2) is 4.79 Å². The lowest BCUT2D eigenvalue weighted by Gasteiger charge is -2.29. The molecular formula is C24H27ClN4O4. The molecule has 4 rings (SSSR count). The number of amides is 5. The minimum Gasteiger partial charge on any atom is -0.334 e. The van der Waals surface area contributed by atoms with Gasteiger partial charge in [0.05, 0.1) is 0 Å². The van der Waals surface area contributed by atoms with Gasteiger partial charge in [-0.2, -0.15) is 0 Å². The third-order valence-corrected chi connectivity index (χ3v) is 5.88. The SMILES string of the molecule is CC.Cc1ccc(NC(=O)NCc2ccc3c(c2)CN(C2CCC(=O)NC2=O)C3=O)cc1Cl. The Hall–Kier alpha value is -3.39. The number of imide groups is 1. The fourth-order valence-electron chi connectivity index (χ4n) is 3.77. The van der Waals surface area contributed by atoms with E-state index in [4.69, 9.17) is 11.6 Å². The van der Waals surface area contributed by atoms with E-state index in [1.165, 1.54) is 4.90 Å². The highest BCUT2D eigenvalue weighted by atomic mass is 35.5. The zero-order valence-corrected chi connectivity index (χ0v) is 19.6. The number of piperidine rings is 1. The Kier molecular flexibility index (Phi) is 7.71. The van der Waals surface area contributed by atoms with Crippen LogP contribution in [0.3, 0.4) is 0 Å². The zero-order valence-electron chi connectivity index (χ0n) is 18.8. The van der Waals surface area contributed by atoms with Gasteiger partial charge in [-0.1, -0.05) is 43.6 Å². The van der Waals surface area contributed by atoms with E-state index in [1.807, 2.05) is 32.9 Å². The monoisotopic (exact) mass is 470 g/mol. The van der Waals surface area contributed by atoms with Crippen LogP contribution in [0, 0.1) is 6.92 Å². The molecule has 174 valence electrons. The summed E-state index contributed by atoms with van der Waals surface area (Å²) >= 11 is 6.08. The average molecular weight is 471 g/mol. The number of halogens is 1. The highest BCUT2D eigenvalue weighted by Crippen LogP contribution is 2.28. The van der Waals surface area contributed by atoms with Crippen molar-refractivity contribution in [1.82, 2.24) is 15.5 Å². The van der Waals surface area contributed by atoms with E-state index < -0.39 is 11.9 Å². The summed E-state index contributed by atoms with van der Waals surface area (Å²) in [5, 5.41) is 8.37. The number of rotatable bonds is 4. The molecule has 0 spiro atoms. The molecule has 1 atom stereocenters. The number of nitrogens with zero attached hydrogens (tertiary/aromatic N) is 1. The summed E-state index contributed by atoms with van der Waals surface area (Å²) < 4.78 is 0. The first kappa shape index (κ1) is 24.3. The van der Waals surface area contributed by atoms with Crippen molar-refractivity contribution in [2.24, 2.45) is 0 Å². The molecule has 1 unspecified atom stereocenters. The van der Waals surface area contributed by atoms with Crippen molar-refractivity contribution < 1.29 is 19.2 Å². The van der Waals surface area contributed by atoms with Gasteiger partial charge < -0.3 is 15.5 Å². The van der Waals surface area contributed by atoms with Crippen molar-refractivity contribution in [1.29, 1.82) is 0 Å². The molecule has 2 aliphatic heterocycles. The summed E-state index contributed by atoms with van der Waals surface area (Å²) in [6.07, 6.45) is 0.537. The summed E-state index contributed by atoms with van der Waals surface area (Å²) in [5.74, 6) is -0.977. The van der Waals surface area contributed by atoms with Gasteiger partial charge in [-0.3, -0.25) is 19.7 Å². The number of fused-ring (bicyclic) bond motifs is 1. The maximum absolute atomic E-state index is 12.7. The van der Waals surface area contributed by atoms with Crippen LogP contribution in [-0.2, 0) is 22.7 Å². The molecule has 1 fully saturated rings. The van der Waals surface area contributed by atoms with Crippen molar-refractivity contribution in [3.63, 3.8) is 0 Å².